The second kappa shape index (κ2) is 5.91. The zero-order valence-corrected chi connectivity index (χ0v) is 12.8. The zero-order chi connectivity index (χ0) is 14.8. The molecule has 2 heterocycles. The van der Waals surface area contributed by atoms with E-state index in [0.29, 0.717) is 11.6 Å². The summed E-state index contributed by atoms with van der Waals surface area (Å²) in [6.45, 7) is 10.2. The lowest BCUT2D eigenvalue weighted by Gasteiger charge is -2.28. The fraction of sp³-hybridized carbons (Fsp3) is 0.786. The zero-order valence-electron chi connectivity index (χ0n) is 12.8. The van der Waals surface area contributed by atoms with Gasteiger partial charge in [0.2, 0.25) is 0 Å². The van der Waals surface area contributed by atoms with Crippen molar-refractivity contribution < 1.29 is 4.79 Å². The van der Waals surface area contributed by atoms with Crippen LogP contribution in [0.2, 0.25) is 0 Å². The topological polar surface area (TPSA) is 71.8 Å². The highest BCUT2D eigenvalue weighted by Gasteiger charge is 2.23. The van der Waals surface area contributed by atoms with Crippen LogP contribution in [0.5, 0.6) is 0 Å². The van der Waals surface area contributed by atoms with Gasteiger partial charge in [-0.3, -0.25) is 4.79 Å². The molecule has 1 aliphatic rings. The molecule has 2 rings (SSSR count). The number of carbonyl (C=O) groups excluding carboxylic acids is 1. The second-order valence-corrected chi connectivity index (χ2v) is 6.57. The predicted octanol–water partition coefficient (Wildman–Crippen LogP) is 1.15. The van der Waals surface area contributed by atoms with Crippen molar-refractivity contribution in [2.45, 2.75) is 52.1 Å². The summed E-state index contributed by atoms with van der Waals surface area (Å²) in [6.07, 6.45) is 3.93. The molecule has 6 heteroatoms. The summed E-state index contributed by atoms with van der Waals surface area (Å²) < 4.78 is 1.72. The van der Waals surface area contributed by atoms with E-state index < -0.39 is 0 Å². The average molecular weight is 279 g/mol. The Labute approximate surface area is 120 Å². The number of carbonyl (C=O) groups is 1. The van der Waals surface area contributed by atoms with Crippen molar-refractivity contribution in [2.75, 3.05) is 13.1 Å². The van der Waals surface area contributed by atoms with Gasteiger partial charge in [-0.1, -0.05) is 5.21 Å². The van der Waals surface area contributed by atoms with Crippen LogP contribution in [0, 0.1) is 5.92 Å². The van der Waals surface area contributed by atoms with Crippen molar-refractivity contribution in [3.8, 4) is 0 Å². The van der Waals surface area contributed by atoms with Crippen LogP contribution in [-0.2, 0) is 5.54 Å². The van der Waals surface area contributed by atoms with Gasteiger partial charge in [0.05, 0.1) is 11.7 Å². The molecule has 1 aromatic heterocycles. The quantitative estimate of drug-likeness (QED) is 0.870. The Morgan fingerprint density at radius 3 is 2.65 bits per heavy atom. The molecular weight excluding hydrogens is 254 g/mol. The molecule has 0 aliphatic carbocycles. The third-order valence-electron chi connectivity index (χ3n) is 3.86. The summed E-state index contributed by atoms with van der Waals surface area (Å²) in [4.78, 5) is 12.2. The average Bonchev–Trinajstić information content (AvgIpc) is 2.89. The first-order valence-corrected chi connectivity index (χ1v) is 7.32. The molecule has 0 aromatic carbocycles. The van der Waals surface area contributed by atoms with Crippen LogP contribution in [0.15, 0.2) is 6.20 Å². The number of piperidine rings is 1. The minimum absolute atomic E-state index is 0.133. The van der Waals surface area contributed by atoms with Gasteiger partial charge in [0.1, 0.15) is 0 Å². The number of rotatable bonds is 3. The number of aromatic nitrogens is 3. The number of nitrogens with zero attached hydrogens (tertiary/aromatic N) is 3. The third-order valence-corrected chi connectivity index (χ3v) is 3.86. The summed E-state index contributed by atoms with van der Waals surface area (Å²) in [5.41, 5.74) is 0.229. The van der Waals surface area contributed by atoms with Gasteiger partial charge in [-0.05, 0) is 59.5 Å². The molecule has 1 fully saturated rings. The fourth-order valence-electron chi connectivity index (χ4n) is 2.44. The Hall–Kier alpha value is -1.43. The molecule has 112 valence electrons. The minimum Gasteiger partial charge on any atom is -0.348 e. The number of nitrogens with one attached hydrogen (secondary N) is 2. The van der Waals surface area contributed by atoms with E-state index in [4.69, 9.17) is 0 Å². The lowest BCUT2D eigenvalue weighted by molar-refractivity contribution is 0.0915. The smallest absolute Gasteiger partial charge is 0.273 e. The Balaban J connectivity index is 1.95. The van der Waals surface area contributed by atoms with Crippen LogP contribution in [0.4, 0.5) is 0 Å². The van der Waals surface area contributed by atoms with E-state index in [2.05, 4.69) is 27.9 Å². The maximum Gasteiger partial charge on any atom is 0.273 e. The maximum atomic E-state index is 12.2. The molecule has 2 N–H and O–H groups in total. The van der Waals surface area contributed by atoms with E-state index >= 15 is 0 Å². The first kappa shape index (κ1) is 15.0. The first-order valence-electron chi connectivity index (χ1n) is 7.32. The molecule has 1 saturated heterocycles. The van der Waals surface area contributed by atoms with Crippen molar-refractivity contribution in [3.05, 3.63) is 11.9 Å². The summed E-state index contributed by atoms with van der Waals surface area (Å²) in [5, 5.41) is 14.4. The first-order chi connectivity index (χ1) is 9.38. The highest BCUT2D eigenvalue weighted by atomic mass is 16.2. The fourth-order valence-corrected chi connectivity index (χ4v) is 2.44. The molecule has 6 nitrogen and oxygen atoms in total. The van der Waals surface area contributed by atoms with Crippen molar-refractivity contribution in [2.24, 2.45) is 5.92 Å². The van der Waals surface area contributed by atoms with Gasteiger partial charge in [0, 0.05) is 6.04 Å². The molecule has 1 atom stereocenters. The lowest BCUT2D eigenvalue weighted by atomic mass is 9.91. The molecule has 1 unspecified atom stereocenters. The number of hydrogen-bond acceptors (Lipinski definition) is 4. The van der Waals surface area contributed by atoms with Gasteiger partial charge in [-0.25, -0.2) is 4.68 Å². The highest BCUT2D eigenvalue weighted by molar-refractivity contribution is 5.92. The van der Waals surface area contributed by atoms with Crippen LogP contribution in [0.3, 0.4) is 0 Å². The Morgan fingerprint density at radius 2 is 2.10 bits per heavy atom. The SMILES string of the molecule is CC(NC(=O)c1cn(C(C)(C)C)nn1)C1CCNCC1. The van der Waals surface area contributed by atoms with E-state index in [1.165, 1.54) is 0 Å². The van der Waals surface area contributed by atoms with Gasteiger partial charge >= 0.3 is 0 Å². The van der Waals surface area contributed by atoms with Gasteiger partial charge < -0.3 is 10.6 Å². The molecule has 20 heavy (non-hydrogen) atoms. The largest absolute Gasteiger partial charge is 0.348 e. The van der Waals surface area contributed by atoms with Crippen molar-refractivity contribution in [1.82, 2.24) is 25.6 Å². The summed E-state index contributed by atoms with van der Waals surface area (Å²) in [7, 11) is 0. The predicted molar refractivity (Wildman–Crippen MR) is 77.5 cm³/mol. The summed E-state index contributed by atoms with van der Waals surface area (Å²) in [5.74, 6) is 0.407. The molecule has 0 radical (unpaired) electrons. The molecule has 1 aliphatic heterocycles. The van der Waals surface area contributed by atoms with E-state index in [9.17, 15) is 4.79 Å². The van der Waals surface area contributed by atoms with Crippen molar-refractivity contribution in [3.63, 3.8) is 0 Å². The number of hydrogen-bond donors (Lipinski definition) is 2. The van der Waals surface area contributed by atoms with E-state index in [1.54, 1.807) is 10.9 Å². The molecule has 1 amide bonds. The van der Waals surface area contributed by atoms with Gasteiger partial charge in [-0.2, -0.15) is 0 Å². The van der Waals surface area contributed by atoms with E-state index in [1.807, 2.05) is 20.8 Å². The highest BCUT2D eigenvalue weighted by Crippen LogP contribution is 2.16. The monoisotopic (exact) mass is 279 g/mol. The van der Waals surface area contributed by atoms with E-state index in [-0.39, 0.29) is 17.5 Å². The van der Waals surface area contributed by atoms with Crippen LogP contribution in [0.1, 0.15) is 51.0 Å². The molecular formula is C14H25N5O. The Morgan fingerprint density at radius 1 is 1.45 bits per heavy atom. The normalized spacial score (nSPS) is 18.8. The van der Waals surface area contributed by atoms with Crippen molar-refractivity contribution in [1.29, 1.82) is 0 Å². The van der Waals surface area contributed by atoms with Crippen molar-refractivity contribution >= 4 is 5.91 Å². The van der Waals surface area contributed by atoms with Crippen LogP contribution in [-0.4, -0.2) is 40.0 Å². The van der Waals surface area contributed by atoms with Crippen LogP contribution in [0.25, 0.3) is 0 Å². The molecule has 0 spiro atoms. The van der Waals surface area contributed by atoms with Gasteiger partial charge in [0.15, 0.2) is 5.69 Å². The third kappa shape index (κ3) is 3.56. The lowest BCUT2D eigenvalue weighted by Crippen LogP contribution is -2.42. The Bertz CT molecular complexity index is 456. The van der Waals surface area contributed by atoms with Gasteiger partial charge in [-0.15, -0.1) is 5.10 Å². The minimum atomic E-state index is -0.161. The van der Waals surface area contributed by atoms with E-state index in [0.717, 1.165) is 25.9 Å². The summed E-state index contributed by atoms with van der Waals surface area (Å²) in [6, 6.07) is 0.171. The second-order valence-electron chi connectivity index (χ2n) is 6.57. The molecule has 0 saturated carbocycles. The van der Waals surface area contributed by atoms with Crippen LogP contribution >= 0.6 is 0 Å². The van der Waals surface area contributed by atoms with Crippen LogP contribution < -0.4 is 10.6 Å². The standard InChI is InChI=1S/C14H25N5O/c1-10(11-5-7-15-8-6-11)16-13(20)12-9-19(18-17-12)14(2,3)4/h9-11,15H,5-8H2,1-4H3,(H,16,20). The maximum absolute atomic E-state index is 12.2. The Kier molecular flexibility index (Phi) is 4.42. The molecule has 1 aromatic rings. The number of amides is 1. The summed E-state index contributed by atoms with van der Waals surface area (Å²) >= 11 is 0. The molecule has 0 bridgehead atoms. The van der Waals surface area contributed by atoms with Gasteiger partial charge in [0.25, 0.3) is 5.91 Å².